The fourth-order valence-electron chi connectivity index (χ4n) is 5.69. The molecule has 0 radical (unpaired) electrons. The zero-order valence-electron chi connectivity index (χ0n) is 15.0. The van der Waals surface area contributed by atoms with E-state index in [1.807, 2.05) is 0 Å². The van der Waals surface area contributed by atoms with Crippen LogP contribution in [0, 0.1) is 34.5 Å². The lowest BCUT2D eigenvalue weighted by Crippen LogP contribution is -2.59. The molecule has 3 saturated carbocycles. The highest BCUT2D eigenvalue weighted by Gasteiger charge is 2.58. The molecule has 0 spiro atoms. The number of fused-ring (bicyclic) bond motifs is 5. The number of hydrogen-bond donors (Lipinski definition) is 0. The molecule has 5 rings (SSSR count). The Morgan fingerprint density at radius 2 is 0.808 bits per heavy atom. The SMILES string of the molecule is N#CC1C(C#N)C2SC3CCCCC3SC2C2SC3CCCCC3SC12. The van der Waals surface area contributed by atoms with Crippen LogP contribution in [0.15, 0.2) is 0 Å². The summed E-state index contributed by atoms with van der Waals surface area (Å²) >= 11 is 8.72. The van der Waals surface area contributed by atoms with E-state index in [9.17, 15) is 10.5 Å². The average Bonchev–Trinajstić information content (AvgIpc) is 2.70. The van der Waals surface area contributed by atoms with Crippen molar-refractivity contribution in [1.82, 2.24) is 0 Å². The summed E-state index contributed by atoms with van der Waals surface area (Å²) in [6.07, 6.45) is 10.8. The second kappa shape index (κ2) is 7.66. The van der Waals surface area contributed by atoms with Gasteiger partial charge < -0.3 is 0 Å². The van der Waals surface area contributed by atoms with Gasteiger partial charge in [-0.15, -0.1) is 0 Å². The summed E-state index contributed by atoms with van der Waals surface area (Å²) in [4.78, 5) is 0. The van der Waals surface area contributed by atoms with Gasteiger partial charge in [0.25, 0.3) is 0 Å². The number of thioether (sulfide) groups is 4. The summed E-state index contributed by atoms with van der Waals surface area (Å²) in [5, 5.41) is 25.0. The van der Waals surface area contributed by atoms with Crippen LogP contribution in [-0.2, 0) is 0 Å². The van der Waals surface area contributed by atoms with E-state index >= 15 is 0 Å². The molecule has 140 valence electrons. The van der Waals surface area contributed by atoms with Crippen LogP contribution >= 0.6 is 47.0 Å². The third-order valence-electron chi connectivity index (χ3n) is 6.98. The highest BCUT2D eigenvalue weighted by Crippen LogP contribution is 2.61. The van der Waals surface area contributed by atoms with Crippen molar-refractivity contribution in [1.29, 1.82) is 10.5 Å². The third-order valence-corrected chi connectivity index (χ3v) is 15.1. The van der Waals surface area contributed by atoms with Crippen molar-refractivity contribution in [2.45, 2.75) is 93.4 Å². The minimum atomic E-state index is -0.0696. The van der Waals surface area contributed by atoms with Crippen LogP contribution in [0.5, 0.6) is 0 Å². The van der Waals surface area contributed by atoms with Gasteiger partial charge in [-0.3, -0.25) is 0 Å². The van der Waals surface area contributed by atoms with Gasteiger partial charge in [0.2, 0.25) is 0 Å². The smallest absolute Gasteiger partial charge is 0.0762 e. The van der Waals surface area contributed by atoms with Crippen LogP contribution in [0.2, 0.25) is 0 Å². The van der Waals surface area contributed by atoms with E-state index in [-0.39, 0.29) is 11.8 Å². The Labute approximate surface area is 174 Å². The molecular formula is C20H26N2S4. The number of nitriles is 2. The van der Waals surface area contributed by atoms with Crippen molar-refractivity contribution in [3.05, 3.63) is 0 Å². The zero-order valence-corrected chi connectivity index (χ0v) is 18.2. The van der Waals surface area contributed by atoms with E-state index in [2.05, 4.69) is 59.2 Å². The molecule has 10 atom stereocenters. The topological polar surface area (TPSA) is 47.6 Å². The molecule has 2 saturated heterocycles. The Hall–Kier alpha value is 0.380. The largest absolute Gasteiger partial charge is 0.198 e. The van der Waals surface area contributed by atoms with Gasteiger partial charge in [0.1, 0.15) is 0 Å². The fraction of sp³-hybridized carbons (Fsp3) is 0.900. The predicted octanol–water partition coefficient (Wildman–Crippen LogP) is 5.34. The molecule has 3 aliphatic carbocycles. The van der Waals surface area contributed by atoms with Gasteiger partial charge in [0.15, 0.2) is 0 Å². The molecule has 10 unspecified atom stereocenters. The van der Waals surface area contributed by atoms with E-state index < -0.39 is 0 Å². The van der Waals surface area contributed by atoms with Gasteiger partial charge >= 0.3 is 0 Å². The Kier molecular flexibility index (Phi) is 5.42. The standard InChI is InChI=1S/C20H26N2S4/c21-9-11-12(10-22)18-20(26-16-8-4-2-6-14(16)24-18)19-17(11)23-13-5-1-3-7-15(13)25-19/h11-20H,1-8H2. The summed E-state index contributed by atoms with van der Waals surface area (Å²) in [5.41, 5.74) is 0. The van der Waals surface area contributed by atoms with Crippen molar-refractivity contribution in [2.24, 2.45) is 11.8 Å². The normalized spacial score (nSPS) is 53.0. The van der Waals surface area contributed by atoms with Gasteiger partial charge in [-0.05, 0) is 25.7 Å². The second-order valence-electron chi connectivity index (χ2n) is 8.44. The monoisotopic (exact) mass is 422 g/mol. The maximum absolute atomic E-state index is 10.0. The molecule has 0 aromatic carbocycles. The predicted molar refractivity (Wildman–Crippen MR) is 116 cm³/mol. The molecule has 0 aromatic rings. The number of rotatable bonds is 0. The molecular weight excluding hydrogens is 397 g/mol. The molecule has 2 aliphatic heterocycles. The molecule has 0 bridgehead atoms. The minimum Gasteiger partial charge on any atom is -0.198 e. The Morgan fingerprint density at radius 1 is 0.500 bits per heavy atom. The van der Waals surface area contributed by atoms with Crippen LogP contribution in [0.25, 0.3) is 0 Å². The first-order valence-corrected chi connectivity index (χ1v) is 14.0. The van der Waals surface area contributed by atoms with Crippen molar-refractivity contribution in [2.75, 3.05) is 0 Å². The molecule has 0 aromatic heterocycles. The number of hydrogen-bond acceptors (Lipinski definition) is 6. The van der Waals surface area contributed by atoms with Gasteiger partial charge in [-0.2, -0.15) is 57.6 Å². The first-order valence-electron chi connectivity index (χ1n) is 10.2. The molecule has 2 heterocycles. The van der Waals surface area contributed by atoms with E-state index in [0.29, 0.717) is 21.0 Å². The van der Waals surface area contributed by atoms with Crippen molar-refractivity contribution < 1.29 is 0 Å². The first kappa shape index (κ1) is 18.4. The first-order chi connectivity index (χ1) is 12.8. The van der Waals surface area contributed by atoms with Gasteiger partial charge in [-0.25, -0.2) is 0 Å². The lowest BCUT2D eigenvalue weighted by Gasteiger charge is -2.56. The summed E-state index contributed by atoms with van der Waals surface area (Å²) in [6, 6.07) is 5.25. The quantitative estimate of drug-likeness (QED) is 0.525. The average molecular weight is 423 g/mol. The van der Waals surface area contributed by atoms with Crippen LogP contribution in [-0.4, -0.2) is 42.0 Å². The van der Waals surface area contributed by atoms with Gasteiger partial charge in [0, 0.05) is 42.0 Å². The van der Waals surface area contributed by atoms with E-state index in [0.717, 1.165) is 21.0 Å². The van der Waals surface area contributed by atoms with Crippen LogP contribution in [0.4, 0.5) is 0 Å². The van der Waals surface area contributed by atoms with Crippen molar-refractivity contribution >= 4 is 47.0 Å². The van der Waals surface area contributed by atoms with Crippen LogP contribution < -0.4 is 0 Å². The fourth-order valence-corrected chi connectivity index (χ4v) is 14.6. The van der Waals surface area contributed by atoms with Crippen LogP contribution in [0.1, 0.15) is 51.4 Å². The summed E-state index contributed by atoms with van der Waals surface area (Å²) in [7, 11) is 0. The molecule has 0 N–H and O–H groups in total. The van der Waals surface area contributed by atoms with Gasteiger partial charge in [0.05, 0.1) is 24.0 Å². The lowest BCUT2D eigenvalue weighted by molar-refractivity contribution is 0.373. The highest BCUT2D eigenvalue weighted by atomic mass is 32.2. The maximum Gasteiger partial charge on any atom is 0.0762 e. The summed E-state index contributed by atoms with van der Waals surface area (Å²) in [5.74, 6) is -0.139. The Balaban J connectivity index is 1.46. The molecule has 6 heteroatoms. The third kappa shape index (κ3) is 3.02. The highest BCUT2D eigenvalue weighted by molar-refractivity contribution is 8.11. The summed E-state index contributed by atoms with van der Waals surface area (Å²) < 4.78 is 0. The second-order valence-corrected chi connectivity index (χ2v) is 14.1. The molecule has 5 fully saturated rings. The lowest BCUT2D eigenvalue weighted by atomic mass is 9.79. The summed E-state index contributed by atoms with van der Waals surface area (Å²) in [6.45, 7) is 0. The van der Waals surface area contributed by atoms with Crippen molar-refractivity contribution in [3.8, 4) is 12.1 Å². The van der Waals surface area contributed by atoms with E-state index in [1.54, 1.807) is 0 Å². The molecule has 2 nitrogen and oxygen atoms in total. The number of nitrogens with zero attached hydrogens (tertiary/aromatic N) is 2. The molecule has 26 heavy (non-hydrogen) atoms. The zero-order chi connectivity index (χ0) is 17.7. The molecule has 5 aliphatic rings. The Morgan fingerprint density at radius 3 is 1.12 bits per heavy atom. The van der Waals surface area contributed by atoms with Crippen molar-refractivity contribution in [3.63, 3.8) is 0 Å². The van der Waals surface area contributed by atoms with Crippen LogP contribution in [0.3, 0.4) is 0 Å². The van der Waals surface area contributed by atoms with E-state index in [1.165, 1.54) is 51.4 Å². The minimum absolute atomic E-state index is 0.0696. The maximum atomic E-state index is 10.0. The van der Waals surface area contributed by atoms with Gasteiger partial charge in [-0.1, -0.05) is 25.7 Å². The molecule has 0 amide bonds. The van der Waals surface area contributed by atoms with E-state index in [4.69, 9.17) is 0 Å². The Bertz CT molecular complexity index is 574.